The molecule has 23 heavy (non-hydrogen) atoms. The summed E-state index contributed by atoms with van der Waals surface area (Å²) < 4.78 is 2.74. The normalized spacial score (nSPS) is 12.1. The number of aryl methyl sites for hydroxylation is 1. The van der Waals surface area contributed by atoms with Crippen molar-refractivity contribution < 1.29 is 4.79 Å². The van der Waals surface area contributed by atoms with Gasteiger partial charge in [0.1, 0.15) is 0 Å². The van der Waals surface area contributed by atoms with Gasteiger partial charge in [0.2, 0.25) is 0 Å². The number of thiazole rings is 1. The van der Waals surface area contributed by atoms with Crippen LogP contribution in [0.5, 0.6) is 0 Å². The molecule has 3 rings (SSSR count). The second-order valence-electron chi connectivity index (χ2n) is 4.77. The molecular formula is C16H12Cl2N2OS2. The smallest absolute Gasteiger partial charge is 0.280 e. The van der Waals surface area contributed by atoms with Gasteiger partial charge in [-0.25, -0.2) is 0 Å². The van der Waals surface area contributed by atoms with Gasteiger partial charge >= 0.3 is 0 Å². The maximum absolute atomic E-state index is 12.5. The second-order valence-corrected chi connectivity index (χ2v) is 7.41. The lowest BCUT2D eigenvalue weighted by molar-refractivity contribution is 0.0995. The Kier molecular flexibility index (Phi) is 4.82. The summed E-state index contributed by atoms with van der Waals surface area (Å²) >= 11 is 15.3. The SMILES string of the molecule is CSc1ccccc1C(=O)N=c1sc2ccc(Cl)c(Cl)c2n1C. The first-order valence-corrected chi connectivity index (χ1v) is 9.48. The molecule has 0 radical (unpaired) electrons. The molecule has 0 atom stereocenters. The van der Waals surface area contributed by atoms with Gasteiger partial charge in [-0.2, -0.15) is 4.99 Å². The van der Waals surface area contributed by atoms with Gasteiger partial charge < -0.3 is 4.57 Å². The highest BCUT2D eigenvalue weighted by Crippen LogP contribution is 2.31. The van der Waals surface area contributed by atoms with Crippen LogP contribution in [0.25, 0.3) is 10.2 Å². The van der Waals surface area contributed by atoms with Crippen molar-refractivity contribution in [3.63, 3.8) is 0 Å². The molecule has 0 fully saturated rings. The minimum absolute atomic E-state index is 0.265. The molecule has 0 unspecified atom stereocenters. The zero-order valence-electron chi connectivity index (χ0n) is 12.3. The number of hydrogen-bond acceptors (Lipinski definition) is 3. The highest BCUT2D eigenvalue weighted by Gasteiger charge is 2.13. The minimum atomic E-state index is -0.265. The van der Waals surface area contributed by atoms with Gasteiger partial charge in [0.05, 0.1) is 25.8 Å². The Morgan fingerprint density at radius 3 is 2.70 bits per heavy atom. The van der Waals surface area contributed by atoms with Crippen LogP contribution < -0.4 is 4.80 Å². The van der Waals surface area contributed by atoms with Gasteiger partial charge in [0.15, 0.2) is 4.80 Å². The Hall–Kier alpha value is -1.27. The average molecular weight is 383 g/mol. The van der Waals surface area contributed by atoms with Crippen LogP contribution in [0.3, 0.4) is 0 Å². The van der Waals surface area contributed by atoms with E-state index in [0.717, 1.165) is 15.1 Å². The van der Waals surface area contributed by atoms with Crippen LogP contribution >= 0.6 is 46.3 Å². The summed E-state index contributed by atoms with van der Waals surface area (Å²) in [6, 6.07) is 11.1. The standard InChI is InChI=1S/C16H12Cl2N2OS2/c1-20-14-12(8-7-10(17)13(14)18)23-16(20)19-15(21)9-5-3-4-6-11(9)22-2/h3-8H,1-2H3. The molecule has 3 nitrogen and oxygen atoms in total. The van der Waals surface area contributed by atoms with E-state index in [1.807, 2.05) is 37.6 Å². The van der Waals surface area contributed by atoms with Gasteiger partial charge in [-0.15, -0.1) is 11.8 Å². The maximum Gasteiger partial charge on any atom is 0.280 e. The largest absolute Gasteiger partial charge is 0.318 e. The van der Waals surface area contributed by atoms with Crippen molar-refractivity contribution in [3.05, 3.63) is 56.8 Å². The van der Waals surface area contributed by atoms with Crippen LogP contribution in [0.4, 0.5) is 0 Å². The average Bonchev–Trinajstić information content (AvgIpc) is 2.87. The summed E-state index contributed by atoms with van der Waals surface area (Å²) in [5, 5.41) is 0.958. The molecule has 7 heteroatoms. The molecule has 0 aliphatic heterocycles. The van der Waals surface area contributed by atoms with Crippen LogP contribution in [0.2, 0.25) is 10.0 Å². The van der Waals surface area contributed by atoms with Gasteiger partial charge in [-0.3, -0.25) is 4.79 Å². The fourth-order valence-electron chi connectivity index (χ4n) is 2.25. The molecule has 1 heterocycles. The number of carbonyl (C=O) groups is 1. The third kappa shape index (κ3) is 3.06. The van der Waals surface area contributed by atoms with E-state index in [4.69, 9.17) is 23.2 Å². The summed E-state index contributed by atoms with van der Waals surface area (Å²) in [4.78, 5) is 18.3. The zero-order valence-corrected chi connectivity index (χ0v) is 15.5. The predicted molar refractivity (Wildman–Crippen MR) is 98.9 cm³/mol. The third-order valence-electron chi connectivity index (χ3n) is 3.39. The fourth-order valence-corrected chi connectivity index (χ4v) is 4.36. The molecular weight excluding hydrogens is 371 g/mol. The topological polar surface area (TPSA) is 34.4 Å². The molecule has 0 aliphatic carbocycles. The number of rotatable bonds is 2. The van der Waals surface area contributed by atoms with Gasteiger partial charge in [0, 0.05) is 11.9 Å². The summed E-state index contributed by atoms with van der Waals surface area (Å²) in [6.45, 7) is 0. The molecule has 3 aromatic rings. The molecule has 118 valence electrons. The van der Waals surface area contributed by atoms with E-state index in [1.54, 1.807) is 16.7 Å². The Labute approximate surface area is 151 Å². The van der Waals surface area contributed by atoms with Crippen LogP contribution in [-0.4, -0.2) is 16.7 Å². The first-order chi connectivity index (χ1) is 11.0. The van der Waals surface area contributed by atoms with Gasteiger partial charge in [-0.05, 0) is 30.5 Å². The van der Waals surface area contributed by atoms with Crippen LogP contribution in [0, 0.1) is 0 Å². The van der Waals surface area contributed by atoms with Crippen LogP contribution in [0.15, 0.2) is 46.3 Å². The van der Waals surface area contributed by atoms with Crippen LogP contribution in [-0.2, 0) is 7.05 Å². The number of halogens is 2. The Morgan fingerprint density at radius 1 is 1.22 bits per heavy atom. The van der Waals surface area contributed by atoms with E-state index in [-0.39, 0.29) is 5.91 Å². The minimum Gasteiger partial charge on any atom is -0.318 e. The molecule has 0 aliphatic rings. The Balaban J connectivity index is 2.17. The number of amides is 1. The quantitative estimate of drug-likeness (QED) is 0.583. The number of benzene rings is 2. The number of carbonyl (C=O) groups excluding carboxylic acids is 1. The molecule has 0 spiro atoms. The highest BCUT2D eigenvalue weighted by atomic mass is 35.5. The lowest BCUT2D eigenvalue weighted by Crippen LogP contribution is -2.13. The molecule has 1 amide bonds. The van der Waals surface area contributed by atoms with Crippen molar-refractivity contribution in [1.29, 1.82) is 0 Å². The number of fused-ring (bicyclic) bond motifs is 1. The van der Waals surface area contributed by atoms with Crippen molar-refractivity contribution in [3.8, 4) is 0 Å². The van der Waals surface area contributed by atoms with Crippen molar-refractivity contribution in [1.82, 2.24) is 4.57 Å². The summed E-state index contributed by atoms with van der Waals surface area (Å²) in [7, 11) is 1.83. The number of nitrogens with zero attached hydrogens (tertiary/aromatic N) is 2. The van der Waals surface area contributed by atoms with Crippen molar-refractivity contribution in [2.45, 2.75) is 4.90 Å². The number of aromatic nitrogens is 1. The number of hydrogen-bond donors (Lipinski definition) is 0. The van der Waals surface area contributed by atoms with Gasteiger partial charge in [0.25, 0.3) is 5.91 Å². The molecule has 0 saturated heterocycles. The lowest BCUT2D eigenvalue weighted by Gasteiger charge is -2.02. The Morgan fingerprint density at radius 2 is 1.96 bits per heavy atom. The van der Waals surface area contributed by atoms with E-state index >= 15 is 0 Å². The van der Waals surface area contributed by atoms with Gasteiger partial charge in [-0.1, -0.05) is 46.7 Å². The molecule has 0 saturated carbocycles. The predicted octanol–water partition coefficient (Wildman–Crippen LogP) is 5.01. The van der Waals surface area contributed by atoms with Crippen LogP contribution in [0.1, 0.15) is 10.4 Å². The third-order valence-corrected chi connectivity index (χ3v) is 6.08. The lowest BCUT2D eigenvalue weighted by atomic mass is 10.2. The van der Waals surface area contributed by atoms with Crippen molar-refractivity contribution in [2.24, 2.45) is 12.0 Å². The van der Waals surface area contributed by atoms with E-state index in [1.165, 1.54) is 23.1 Å². The van der Waals surface area contributed by atoms with E-state index in [9.17, 15) is 4.79 Å². The van der Waals surface area contributed by atoms with Crippen molar-refractivity contribution in [2.75, 3.05) is 6.26 Å². The van der Waals surface area contributed by atoms with E-state index < -0.39 is 0 Å². The molecule has 2 aromatic carbocycles. The molecule has 0 N–H and O–H groups in total. The van der Waals surface area contributed by atoms with E-state index in [2.05, 4.69) is 4.99 Å². The zero-order chi connectivity index (χ0) is 16.6. The fraction of sp³-hybridized carbons (Fsp3) is 0.125. The monoisotopic (exact) mass is 382 g/mol. The highest BCUT2D eigenvalue weighted by molar-refractivity contribution is 7.98. The van der Waals surface area contributed by atoms with E-state index in [0.29, 0.717) is 20.4 Å². The summed E-state index contributed by atoms with van der Waals surface area (Å²) in [6.07, 6.45) is 1.94. The first kappa shape index (κ1) is 16.6. The first-order valence-electron chi connectivity index (χ1n) is 6.68. The Bertz CT molecular complexity index is 976. The summed E-state index contributed by atoms with van der Waals surface area (Å²) in [5.41, 5.74) is 1.38. The number of thioether (sulfide) groups is 1. The van der Waals surface area contributed by atoms with Crippen molar-refractivity contribution >= 4 is 62.4 Å². The molecule has 1 aromatic heterocycles. The molecule has 0 bridgehead atoms. The maximum atomic E-state index is 12.5. The summed E-state index contributed by atoms with van der Waals surface area (Å²) in [5.74, 6) is -0.265. The second kappa shape index (κ2) is 6.69.